The zero-order chi connectivity index (χ0) is 77.4. The second kappa shape index (κ2) is 79.1. The summed E-state index contributed by atoms with van der Waals surface area (Å²) in [4.78, 5) is 73.1. The fourth-order valence-corrected chi connectivity index (χ4v) is 13.1. The SMILES string of the molecule is CCCCC/C=C\C/C=C\C/C=C\C/C=C\CCCC(=O)OC[C@H](COP(=O)(O)OC[C@@H](O)COP(=O)(O)OC[C@@H](COC(=O)CCC/C=C\C/C=C\C/C=C\C/C=C\CCCCC)OC(=O)CCCCCCCCCCCCCCCCCCC)OC(=O)CCCCCCCCCCCCCCCCC. The lowest BCUT2D eigenvalue weighted by Gasteiger charge is -2.21. The first kappa shape index (κ1) is 102. The Labute approximate surface area is 646 Å². The molecule has 0 aliphatic heterocycles. The average molecular weight is 1530 g/mol. The summed E-state index contributed by atoms with van der Waals surface area (Å²) in [6, 6.07) is 0. The number of allylic oxidation sites excluding steroid dienone is 16. The normalized spacial score (nSPS) is 14.3. The number of carbonyl (C=O) groups excluding carboxylic acids is 4. The molecular formula is C87H154O17P2. The van der Waals surface area contributed by atoms with Gasteiger partial charge in [-0.05, 0) is 103 Å². The first-order valence-electron chi connectivity index (χ1n) is 42.5. The molecule has 0 radical (unpaired) electrons. The molecule has 3 N–H and O–H groups in total. The summed E-state index contributed by atoms with van der Waals surface area (Å²) in [6.45, 7) is 4.78. The lowest BCUT2D eigenvalue weighted by Crippen LogP contribution is -2.30. The van der Waals surface area contributed by atoms with E-state index in [1.807, 2.05) is 24.3 Å². The predicted molar refractivity (Wildman–Crippen MR) is 436 cm³/mol. The standard InChI is InChI=1S/C87H154O17P2/c1-5-9-13-17-21-25-29-33-37-40-44-47-51-55-59-63-67-71-84(89)97-77-82(103-86(91)73-69-65-61-57-53-49-43-36-32-28-24-20-16-12-8-4)79-101-105(93,94)99-75-81(88)76-100-106(95,96)102-80-83(104-87(92)74-70-66-62-58-54-50-46-42-39-35-31-27-23-19-15-11-7-3)78-98-85(90)72-68-64-60-56-52-48-45-41-38-34-30-26-22-18-14-10-6-2/h21-22,25-26,33-34,37-38,44-45,47-48,55-56,59-60,81-83,88H,5-20,23-24,27-32,35-36,39-43,46,49-54,57-58,61-80H2,1-4H3,(H,93,94)(H,95,96)/b25-21-,26-22-,37-33-,38-34-,47-44-,48-45-,59-55-,60-56-/t81-,82-,83-/m1/s1. The van der Waals surface area contributed by atoms with Gasteiger partial charge in [-0.25, -0.2) is 9.13 Å². The number of phosphoric ester groups is 2. The van der Waals surface area contributed by atoms with Gasteiger partial charge in [-0.15, -0.1) is 0 Å². The number of ether oxygens (including phenoxy) is 4. The van der Waals surface area contributed by atoms with Crippen molar-refractivity contribution in [1.82, 2.24) is 0 Å². The van der Waals surface area contributed by atoms with Gasteiger partial charge in [-0.2, -0.15) is 0 Å². The molecule has 2 unspecified atom stereocenters. The smallest absolute Gasteiger partial charge is 0.462 e. The molecule has 614 valence electrons. The molecule has 17 nitrogen and oxygen atoms in total. The lowest BCUT2D eigenvalue weighted by atomic mass is 10.0. The fourth-order valence-electron chi connectivity index (χ4n) is 11.6. The third-order valence-corrected chi connectivity index (χ3v) is 20.0. The van der Waals surface area contributed by atoms with E-state index in [1.165, 1.54) is 180 Å². The molecule has 0 rings (SSSR count). The van der Waals surface area contributed by atoms with E-state index < -0.39 is 97.5 Å². The Kier molecular flexibility index (Phi) is 76.1. The maximum Gasteiger partial charge on any atom is 0.472 e. The van der Waals surface area contributed by atoms with E-state index in [2.05, 4.69) is 101 Å². The van der Waals surface area contributed by atoms with Crippen LogP contribution in [0.5, 0.6) is 0 Å². The van der Waals surface area contributed by atoms with Crippen molar-refractivity contribution in [3.63, 3.8) is 0 Å². The van der Waals surface area contributed by atoms with Gasteiger partial charge < -0.3 is 33.8 Å². The second-order valence-electron chi connectivity index (χ2n) is 28.4. The molecular weight excluding hydrogens is 1380 g/mol. The second-order valence-corrected chi connectivity index (χ2v) is 31.3. The minimum Gasteiger partial charge on any atom is -0.462 e. The highest BCUT2D eigenvalue weighted by Gasteiger charge is 2.30. The molecule has 5 atom stereocenters. The van der Waals surface area contributed by atoms with Crippen molar-refractivity contribution in [3.05, 3.63) is 97.2 Å². The third-order valence-electron chi connectivity index (χ3n) is 18.1. The van der Waals surface area contributed by atoms with Crippen molar-refractivity contribution in [2.24, 2.45) is 0 Å². The number of phosphoric acid groups is 2. The Hall–Kier alpha value is -4.02. The summed E-state index contributed by atoms with van der Waals surface area (Å²) in [5.41, 5.74) is 0. The highest BCUT2D eigenvalue weighted by atomic mass is 31.2. The monoisotopic (exact) mass is 1530 g/mol. The van der Waals surface area contributed by atoms with Crippen LogP contribution in [-0.2, 0) is 65.4 Å². The number of aliphatic hydroxyl groups is 1. The van der Waals surface area contributed by atoms with Crippen LogP contribution in [0.1, 0.15) is 374 Å². The number of rotatable bonds is 80. The molecule has 0 saturated carbocycles. The summed E-state index contributed by atoms with van der Waals surface area (Å²) in [6.07, 6.45) is 85.3. The van der Waals surface area contributed by atoms with Crippen LogP contribution in [0.25, 0.3) is 0 Å². The van der Waals surface area contributed by atoms with Crippen LogP contribution in [0.15, 0.2) is 97.2 Å². The van der Waals surface area contributed by atoms with Gasteiger partial charge >= 0.3 is 39.5 Å². The number of hydrogen-bond acceptors (Lipinski definition) is 15. The highest BCUT2D eigenvalue weighted by Crippen LogP contribution is 2.45. The molecule has 0 fully saturated rings. The number of hydrogen-bond donors (Lipinski definition) is 3. The Bertz CT molecular complexity index is 2380. The first-order valence-corrected chi connectivity index (χ1v) is 45.5. The van der Waals surface area contributed by atoms with Gasteiger partial charge in [0.05, 0.1) is 26.4 Å². The molecule has 106 heavy (non-hydrogen) atoms. The molecule has 0 bridgehead atoms. The van der Waals surface area contributed by atoms with Crippen LogP contribution >= 0.6 is 15.6 Å². The summed E-state index contributed by atoms with van der Waals surface area (Å²) in [5, 5.41) is 10.7. The highest BCUT2D eigenvalue weighted by molar-refractivity contribution is 7.47. The zero-order valence-corrected chi connectivity index (χ0v) is 69.1. The summed E-state index contributed by atoms with van der Waals surface area (Å²) >= 11 is 0. The molecule has 0 aromatic rings. The Morgan fingerprint density at radius 2 is 0.472 bits per heavy atom. The van der Waals surface area contributed by atoms with E-state index in [0.717, 1.165) is 103 Å². The molecule has 0 heterocycles. The van der Waals surface area contributed by atoms with Gasteiger partial charge in [0, 0.05) is 25.7 Å². The molecule has 0 saturated heterocycles. The van der Waals surface area contributed by atoms with E-state index in [-0.39, 0.29) is 25.7 Å². The zero-order valence-electron chi connectivity index (χ0n) is 67.3. The predicted octanol–water partition coefficient (Wildman–Crippen LogP) is 25.1. The van der Waals surface area contributed by atoms with Crippen molar-refractivity contribution < 1.29 is 80.2 Å². The third kappa shape index (κ3) is 78.1. The summed E-state index contributed by atoms with van der Waals surface area (Å²) in [5.74, 6) is -2.28. The van der Waals surface area contributed by atoms with Crippen molar-refractivity contribution in [1.29, 1.82) is 0 Å². The Morgan fingerprint density at radius 3 is 0.736 bits per heavy atom. The van der Waals surface area contributed by atoms with E-state index in [0.29, 0.717) is 38.5 Å². The van der Waals surface area contributed by atoms with Gasteiger partial charge in [0.2, 0.25) is 0 Å². The topological polar surface area (TPSA) is 237 Å². The van der Waals surface area contributed by atoms with E-state index in [1.54, 1.807) is 0 Å². The van der Waals surface area contributed by atoms with Gasteiger partial charge in [0.1, 0.15) is 19.3 Å². The van der Waals surface area contributed by atoms with Crippen LogP contribution in [0.3, 0.4) is 0 Å². The van der Waals surface area contributed by atoms with Crippen LogP contribution < -0.4 is 0 Å². The number of carbonyl (C=O) groups is 4. The van der Waals surface area contributed by atoms with Gasteiger partial charge in [-0.1, -0.05) is 343 Å². The minimum atomic E-state index is -4.99. The van der Waals surface area contributed by atoms with Crippen molar-refractivity contribution in [2.75, 3.05) is 39.6 Å². The molecule has 19 heteroatoms. The molecule has 0 amide bonds. The molecule has 0 aliphatic carbocycles. The summed E-state index contributed by atoms with van der Waals surface area (Å²) < 4.78 is 68.7. The van der Waals surface area contributed by atoms with Gasteiger partial charge in [0.15, 0.2) is 12.2 Å². The average Bonchev–Trinajstić information content (AvgIpc) is 0.901. The molecule has 0 aromatic heterocycles. The molecule has 0 aliphatic rings. The van der Waals surface area contributed by atoms with Crippen LogP contribution in [0, 0.1) is 0 Å². The molecule has 0 aromatic carbocycles. The lowest BCUT2D eigenvalue weighted by molar-refractivity contribution is -0.161. The van der Waals surface area contributed by atoms with Crippen LogP contribution in [0.2, 0.25) is 0 Å². The maximum absolute atomic E-state index is 13.1. The maximum atomic E-state index is 13.1. The largest absolute Gasteiger partial charge is 0.472 e. The quantitative estimate of drug-likeness (QED) is 0.0169. The van der Waals surface area contributed by atoms with Crippen LogP contribution in [-0.4, -0.2) is 96.7 Å². The first-order chi connectivity index (χ1) is 51.7. The fraction of sp³-hybridized carbons (Fsp3) is 0.770. The van der Waals surface area contributed by atoms with Gasteiger partial charge in [-0.3, -0.25) is 37.3 Å². The van der Waals surface area contributed by atoms with Crippen molar-refractivity contribution in [3.8, 4) is 0 Å². The van der Waals surface area contributed by atoms with Crippen molar-refractivity contribution >= 4 is 39.5 Å². The number of unbranched alkanes of at least 4 members (excludes halogenated alkanes) is 38. The van der Waals surface area contributed by atoms with Gasteiger partial charge in [0.25, 0.3) is 0 Å². The Balaban J connectivity index is 5.43. The van der Waals surface area contributed by atoms with Crippen LogP contribution in [0.4, 0.5) is 0 Å². The van der Waals surface area contributed by atoms with Crippen molar-refractivity contribution in [2.45, 2.75) is 393 Å². The van der Waals surface area contributed by atoms with E-state index in [4.69, 9.17) is 37.0 Å². The number of esters is 4. The van der Waals surface area contributed by atoms with E-state index in [9.17, 15) is 43.2 Å². The Morgan fingerprint density at radius 1 is 0.264 bits per heavy atom. The molecule has 0 spiro atoms. The minimum absolute atomic E-state index is 0.0862. The summed E-state index contributed by atoms with van der Waals surface area (Å²) in [7, 11) is -9.98. The number of aliphatic hydroxyl groups excluding tert-OH is 1. The van der Waals surface area contributed by atoms with E-state index >= 15 is 0 Å².